The molecule has 0 saturated carbocycles. The zero-order chi connectivity index (χ0) is 26.5. The summed E-state index contributed by atoms with van der Waals surface area (Å²) in [6, 6.07) is 18.9. The van der Waals surface area contributed by atoms with E-state index in [9.17, 15) is 4.39 Å². The van der Waals surface area contributed by atoms with Crippen LogP contribution in [0.25, 0.3) is 11.0 Å². The predicted molar refractivity (Wildman–Crippen MR) is 148 cm³/mol. The van der Waals surface area contributed by atoms with Crippen molar-refractivity contribution in [2.45, 2.75) is 32.2 Å². The van der Waals surface area contributed by atoms with Gasteiger partial charge in [-0.15, -0.1) is 0 Å². The maximum Gasteiger partial charge on any atom is 0.160 e. The summed E-state index contributed by atoms with van der Waals surface area (Å²) in [5.74, 6) is 3.81. The van der Waals surface area contributed by atoms with E-state index in [4.69, 9.17) is 19.2 Å². The van der Waals surface area contributed by atoms with Crippen LogP contribution in [-0.4, -0.2) is 55.4 Å². The van der Waals surface area contributed by atoms with E-state index in [1.807, 2.05) is 36.4 Å². The van der Waals surface area contributed by atoms with E-state index in [2.05, 4.69) is 21.6 Å². The Hall–Kier alpha value is -3.58. The normalized spacial score (nSPS) is 14.6. The average molecular weight is 518 g/mol. The fraction of sp³-hybridized carbons (Fsp3) is 0.387. The zero-order valence-electron chi connectivity index (χ0n) is 22.5. The Morgan fingerprint density at radius 2 is 1.58 bits per heavy atom. The van der Waals surface area contributed by atoms with E-state index in [1.54, 1.807) is 21.3 Å². The Morgan fingerprint density at radius 3 is 2.29 bits per heavy atom. The first-order valence-electron chi connectivity index (χ1n) is 13.3. The van der Waals surface area contributed by atoms with Crippen molar-refractivity contribution in [3.8, 4) is 17.2 Å². The summed E-state index contributed by atoms with van der Waals surface area (Å²) in [6.07, 6.45) is 4.21. The highest BCUT2D eigenvalue weighted by molar-refractivity contribution is 5.78. The van der Waals surface area contributed by atoms with Crippen molar-refractivity contribution in [3.63, 3.8) is 0 Å². The second-order valence-corrected chi connectivity index (χ2v) is 10.0. The van der Waals surface area contributed by atoms with E-state index >= 15 is 0 Å². The van der Waals surface area contributed by atoms with Gasteiger partial charge < -0.3 is 23.7 Å². The fourth-order valence-corrected chi connectivity index (χ4v) is 5.38. The average Bonchev–Trinajstić information content (AvgIpc) is 3.29. The number of halogens is 1. The molecule has 5 rings (SSSR count). The third-order valence-electron chi connectivity index (χ3n) is 7.63. The van der Waals surface area contributed by atoms with Gasteiger partial charge in [-0.05, 0) is 85.8 Å². The molecule has 0 unspecified atom stereocenters. The predicted octanol–water partition coefficient (Wildman–Crippen LogP) is 5.75. The lowest BCUT2D eigenvalue weighted by atomic mass is 9.93. The molecule has 0 radical (unpaired) electrons. The molecule has 1 aliphatic heterocycles. The van der Waals surface area contributed by atoms with Gasteiger partial charge >= 0.3 is 0 Å². The standard InChI is InChI=1S/C31H36FN3O3/c1-36-26-9-10-27-28(20-26)35(21-24-4-7-25(32)8-5-24)31(33-27)19-23-13-16-34(17-14-23)15-12-22-6-11-29(37-2)30(18-22)38-3/h4-11,18,20,23H,12-17,19,21H2,1-3H3. The molecule has 0 spiro atoms. The number of aromatic nitrogens is 2. The molecular formula is C31H36FN3O3. The number of likely N-dealkylation sites (tertiary alicyclic amines) is 1. The smallest absolute Gasteiger partial charge is 0.160 e. The number of rotatable bonds is 10. The Labute approximate surface area is 224 Å². The minimum Gasteiger partial charge on any atom is -0.497 e. The van der Waals surface area contributed by atoms with Crippen LogP contribution in [0.4, 0.5) is 4.39 Å². The zero-order valence-corrected chi connectivity index (χ0v) is 22.5. The lowest BCUT2D eigenvalue weighted by Gasteiger charge is -2.32. The maximum atomic E-state index is 13.5. The van der Waals surface area contributed by atoms with Crippen LogP contribution in [0, 0.1) is 11.7 Å². The molecule has 0 N–H and O–H groups in total. The lowest BCUT2D eigenvalue weighted by molar-refractivity contribution is 0.184. The van der Waals surface area contributed by atoms with Crippen molar-refractivity contribution < 1.29 is 18.6 Å². The number of imidazole rings is 1. The fourth-order valence-electron chi connectivity index (χ4n) is 5.38. The molecule has 200 valence electrons. The Morgan fingerprint density at radius 1 is 0.842 bits per heavy atom. The summed E-state index contributed by atoms with van der Waals surface area (Å²) in [4.78, 5) is 7.57. The van der Waals surface area contributed by atoms with Crippen LogP contribution in [0.1, 0.15) is 29.8 Å². The van der Waals surface area contributed by atoms with Crippen LogP contribution in [0.15, 0.2) is 60.7 Å². The van der Waals surface area contributed by atoms with E-state index in [0.717, 1.165) is 85.0 Å². The summed E-state index contributed by atoms with van der Waals surface area (Å²) >= 11 is 0. The molecule has 0 bridgehead atoms. The molecule has 1 saturated heterocycles. The van der Waals surface area contributed by atoms with Gasteiger partial charge in [-0.3, -0.25) is 0 Å². The van der Waals surface area contributed by atoms with Crippen LogP contribution < -0.4 is 14.2 Å². The van der Waals surface area contributed by atoms with Gasteiger partial charge in [-0.1, -0.05) is 18.2 Å². The van der Waals surface area contributed by atoms with Gasteiger partial charge in [0.1, 0.15) is 17.4 Å². The SMILES string of the molecule is COc1ccc2nc(CC3CCN(CCc4ccc(OC)c(OC)c4)CC3)n(Cc3ccc(F)cc3)c2c1. The van der Waals surface area contributed by atoms with Crippen LogP contribution in [0.3, 0.4) is 0 Å². The van der Waals surface area contributed by atoms with Crippen molar-refractivity contribution >= 4 is 11.0 Å². The molecule has 1 aromatic heterocycles. The number of ether oxygens (including phenoxy) is 3. The van der Waals surface area contributed by atoms with Crippen molar-refractivity contribution in [1.29, 1.82) is 0 Å². The third-order valence-corrected chi connectivity index (χ3v) is 7.63. The number of methoxy groups -OCH3 is 3. The van der Waals surface area contributed by atoms with Crippen LogP contribution in [-0.2, 0) is 19.4 Å². The largest absolute Gasteiger partial charge is 0.497 e. The minimum absolute atomic E-state index is 0.219. The van der Waals surface area contributed by atoms with Crippen LogP contribution in [0.5, 0.6) is 17.2 Å². The van der Waals surface area contributed by atoms with Crippen molar-refractivity contribution in [2.75, 3.05) is 41.0 Å². The number of hydrogen-bond donors (Lipinski definition) is 0. The summed E-state index contributed by atoms with van der Waals surface area (Å²) in [7, 11) is 5.02. The topological polar surface area (TPSA) is 48.8 Å². The lowest BCUT2D eigenvalue weighted by Crippen LogP contribution is -2.36. The first-order chi connectivity index (χ1) is 18.6. The molecule has 7 heteroatoms. The van der Waals surface area contributed by atoms with Gasteiger partial charge in [0.25, 0.3) is 0 Å². The molecule has 0 atom stereocenters. The summed E-state index contributed by atoms with van der Waals surface area (Å²) in [6.45, 7) is 3.86. The van der Waals surface area contributed by atoms with Gasteiger partial charge in [-0.25, -0.2) is 9.37 Å². The maximum absolute atomic E-state index is 13.5. The number of nitrogens with zero attached hydrogens (tertiary/aromatic N) is 3. The van der Waals surface area contributed by atoms with Gasteiger partial charge in [0.05, 0.1) is 32.4 Å². The number of hydrogen-bond acceptors (Lipinski definition) is 5. The highest BCUT2D eigenvalue weighted by Crippen LogP contribution is 2.29. The third kappa shape index (κ3) is 5.94. The number of fused-ring (bicyclic) bond motifs is 1. The Balaban J connectivity index is 1.24. The highest BCUT2D eigenvalue weighted by Gasteiger charge is 2.22. The van der Waals surface area contributed by atoms with E-state index in [-0.39, 0.29) is 5.82 Å². The quantitative estimate of drug-likeness (QED) is 0.268. The molecule has 4 aromatic rings. The number of piperidine rings is 1. The molecule has 38 heavy (non-hydrogen) atoms. The van der Waals surface area contributed by atoms with E-state index in [0.29, 0.717) is 12.5 Å². The molecule has 0 aliphatic carbocycles. The Kier molecular flexibility index (Phi) is 8.13. The van der Waals surface area contributed by atoms with E-state index < -0.39 is 0 Å². The van der Waals surface area contributed by atoms with Crippen molar-refractivity contribution in [3.05, 3.63) is 83.4 Å². The minimum atomic E-state index is -0.219. The van der Waals surface area contributed by atoms with Crippen molar-refractivity contribution in [2.24, 2.45) is 5.92 Å². The van der Waals surface area contributed by atoms with Gasteiger partial charge in [-0.2, -0.15) is 0 Å². The van der Waals surface area contributed by atoms with Gasteiger partial charge in [0, 0.05) is 25.6 Å². The first-order valence-corrected chi connectivity index (χ1v) is 13.3. The van der Waals surface area contributed by atoms with Gasteiger partial charge in [0.2, 0.25) is 0 Å². The van der Waals surface area contributed by atoms with Crippen LogP contribution in [0.2, 0.25) is 0 Å². The number of benzene rings is 3. The first kappa shape index (κ1) is 26.0. The Bertz CT molecular complexity index is 1360. The van der Waals surface area contributed by atoms with Crippen LogP contribution >= 0.6 is 0 Å². The molecule has 0 amide bonds. The summed E-state index contributed by atoms with van der Waals surface area (Å²) in [5, 5.41) is 0. The molecule has 1 aliphatic rings. The van der Waals surface area contributed by atoms with E-state index in [1.165, 1.54) is 17.7 Å². The molecule has 2 heterocycles. The summed E-state index contributed by atoms with van der Waals surface area (Å²) in [5.41, 5.74) is 4.33. The second-order valence-electron chi connectivity index (χ2n) is 10.0. The monoisotopic (exact) mass is 517 g/mol. The van der Waals surface area contributed by atoms with Gasteiger partial charge in [0.15, 0.2) is 11.5 Å². The molecular weight excluding hydrogens is 481 g/mol. The molecule has 3 aromatic carbocycles. The highest BCUT2D eigenvalue weighted by atomic mass is 19.1. The molecule has 1 fully saturated rings. The molecule has 6 nitrogen and oxygen atoms in total. The summed E-state index contributed by atoms with van der Waals surface area (Å²) < 4.78 is 32.1. The second kappa shape index (κ2) is 11.9. The van der Waals surface area contributed by atoms with Crippen molar-refractivity contribution in [1.82, 2.24) is 14.5 Å².